The molecule has 2 rings (SSSR count). The van der Waals surface area contributed by atoms with Crippen LogP contribution in [-0.4, -0.2) is 55.1 Å². The molecule has 0 unspecified atom stereocenters. The molecule has 8 heteroatoms. The van der Waals surface area contributed by atoms with Crippen LogP contribution in [0.1, 0.15) is 34.6 Å². The zero-order valence-electron chi connectivity index (χ0n) is 12.3. The molecule has 1 saturated heterocycles. The second kappa shape index (κ2) is 5.78. The van der Waals surface area contributed by atoms with Crippen LogP contribution in [0.3, 0.4) is 0 Å². The molecule has 1 aromatic rings. The molecule has 1 aromatic heterocycles. The molecular formula is C13H20N2O5S. The predicted molar refractivity (Wildman–Crippen MR) is 76.0 cm³/mol. The number of aromatic nitrogens is 1. The van der Waals surface area contributed by atoms with Crippen LogP contribution in [0, 0.1) is 13.8 Å². The molecule has 0 spiro atoms. The maximum atomic E-state index is 12.7. The van der Waals surface area contributed by atoms with Crippen LogP contribution in [0.4, 0.5) is 0 Å². The first-order valence-corrected chi connectivity index (χ1v) is 8.18. The van der Waals surface area contributed by atoms with Gasteiger partial charge in [-0.3, -0.25) is 0 Å². The number of nitrogens with zero attached hydrogens (tertiary/aromatic N) is 1. The first-order valence-electron chi connectivity index (χ1n) is 6.74. The van der Waals surface area contributed by atoms with E-state index in [1.807, 2.05) is 0 Å². The smallest absolute Gasteiger partial charge is 0.352 e. The Bertz CT molecular complexity index is 642. The lowest BCUT2D eigenvalue weighted by molar-refractivity contribution is 0.0604. The largest absolute Gasteiger partial charge is 0.477 e. The molecule has 0 bridgehead atoms. The summed E-state index contributed by atoms with van der Waals surface area (Å²) < 4.78 is 32.1. The molecule has 1 fully saturated rings. The van der Waals surface area contributed by atoms with Gasteiger partial charge < -0.3 is 14.8 Å². The van der Waals surface area contributed by atoms with E-state index >= 15 is 0 Å². The maximum Gasteiger partial charge on any atom is 0.352 e. The number of rotatable bonds is 4. The summed E-state index contributed by atoms with van der Waals surface area (Å²) in [5.41, 5.74) is 0.547. The molecule has 0 aliphatic carbocycles. The number of methoxy groups -OCH3 is 1. The lowest BCUT2D eigenvalue weighted by atomic mass is 10.1. The zero-order chi connectivity index (χ0) is 15.8. The summed E-state index contributed by atoms with van der Waals surface area (Å²) in [6.07, 6.45) is 1.37. The number of hydrogen-bond donors (Lipinski definition) is 2. The van der Waals surface area contributed by atoms with Crippen LogP contribution in [0.5, 0.6) is 0 Å². The molecule has 1 aliphatic heterocycles. The van der Waals surface area contributed by atoms with Gasteiger partial charge >= 0.3 is 5.97 Å². The number of H-pyrrole nitrogens is 1. The highest BCUT2D eigenvalue weighted by atomic mass is 32.2. The summed E-state index contributed by atoms with van der Waals surface area (Å²) in [7, 11) is -2.07. The first-order chi connectivity index (χ1) is 9.78. The fourth-order valence-corrected chi connectivity index (χ4v) is 4.65. The number of hydrogen-bond acceptors (Lipinski definition) is 4. The van der Waals surface area contributed by atoms with Gasteiger partial charge in [-0.1, -0.05) is 0 Å². The molecule has 118 valence electrons. The Hall–Kier alpha value is -1.38. The van der Waals surface area contributed by atoms with Gasteiger partial charge in [0.1, 0.15) is 10.6 Å². The topological polar surface area (TPSA) is 99.7 Å². The SMILES string of the molecule is COC1CCN(S(=O)(=O)c2c(C)[nH]c(C(=O)O)c2C)CC1. The highest BCUT2D eigenvalue weighted by molar-refractivity contribution is 7.89. The van der Waals surface area contributed by atoms with Crippen LogP contribution in [0.2, 0.25) is 0 Å². The Morgan fingerprint density at radius 1 is 1.33 bits per heavy atom. The molecule has 0 aromatic carbocycles. The van der Waals surface area contributed by atoms with Crippen LogP contribution in [-0.2, 0) is 14.8 Å². The van der Waals surface area contributed by atoms with E-state index in [0.29, 0.717) is 31.6 Å². The van der Waals surface area contributed by atoms with Gasteiger partial charge in [-0.15, -0.1) is 0 Å². The third-order valence-electron chi connectivity index (χ3n) is 3.91. The number of sulfonamides is 1. The van der Waals surface area contributed by atoms with Gasteiger partial charge in [0.25, 0.3) is 0 Å². The van der Waals surface area contributed by atoms with E-state index in [0.717, 1.165) is 0 Å². The molecule has 1 aliphatic rings. The summed E-state index contributed by atoms with van der Waals surface area (Å²) in [5.74, 6) is -1.16. The molecule has 0 radical (unpaired) electrons. The third kappa shape index (κ3) is 2.83. The fraction of sp³-hybridized carbons (Fsp3) is 0.615. The Labute approximate surface area is 124 Å². The van der Waals surface area contributed by atoms with Crippen molar-refractivity contribution in [2.75, 3.05) is 20.2 Å². The van der Waals surface area contributed by atoms with Gasteiger partial charge in [0, 0.05) is 31.5 Å². The van der Waals surface area contributed by atoms with Crippen molar-refractivity contribution < 1.29 is 23.1 Å². The van der Waals surface area contributed by atoms with Crippen LogP contribution >= 0.6 is 0 Å². The first kappa shape index (κ1) is 16.0. The molecule has 2 N–H and O–H groups in total. The van der Waals surface area contributed by atoms with Crippen molar-refractivity contribution in [3.05, 3.63) is 17.0 Å². The summed E-state index contributed by atoms with van der Waals surface area (Å²) in [6.45, 7) is 3.86. The minimum atomic E-state index is -3.68. The molecule has 2 heterocycles. The van der Waals surface area contributed by atoms with Gasteiger partial charge in [0.05, 0.1) is 6.10 Å². The lowest BCUT2D eigenvalue weighted by Crippen LogP contribution is -2.40. The van der Waals surface area contributed by atoms with Crippen molar-refractivity contribution >= 4 is 16.0 Å². The Kier molecular flexibility index (Phi) is 4.40. The van der Waals surface area contributed by atoms with E-state index in [4.69, 9.17) is 9.84 Å². The Morgan fingerprint density at radius 2 is 1.90 bits per heavy atom. The minimum Gasteiger partial charge on any atom is -0.477 e. The van der Waals surface area contributed by atoms with E-state index in [2.05, 4.69) is 4.98 Å². The van der Waals surface area contributed by atoms with Crippen molar-refractivity contribution in [3.8, 4) is 0 Å². The van der Waals surface area contributed by atoms with Crippen molar-refractivity contribution in [1.29, 1.82) is 0 Å². The number of aryl methyl sites for hydroxylation is 1. The number of piperidine rings is 1. The number of carboxylic acids is 1. The number of nitrogens with one attached hydrogen (secondary N) is 1. The summed E-state index contributed by atoms with van der Waals surface area (Å²) in [4.78, 5) is 13.8. The zero-order valence-corrected chi connectivity index (χ0v) is 13.2. The van der Waals surface area contributed by atoms with E-state index in [-0.39, 0.29) is 22.3 Å². The number of ether oxygens (including phenoxy) is 1. The lowest BCUT2D eigenvalue weighted by Gasteiger charge is -2.30. The standard InChI is InChI=1S/C13H20N2O5S/c1-8-11(13(16)17)14-9(2)12(8)21(18,19)15-6-4-10(20-3)5-7-15/h10,14H,4-7H2,1-3H3,(H,16,17). The van der Waals surface area contributed by atoms with Gasteiger partial charge in [0.15, 0.2) is 0 Å². The molecule has 0 saturated carbocycles. The van der Waals surface area contributed by atoms with E-state index in [1.54, 1.807) is 14.0 Å². The highest BCUT2D eigenvalue weighted by Gasteiger charge is 2.34. The second-order valence-corrected chi connectivity index (χ2v) is 7.10. The average Bonchev–Trinajstić information content (AvgIpc) is 2.74. The summed E-state index contributed by atoms with van der Waals surface area (Å²) in [5, 5.41) is 9.09. The molecular weight excluding hydrogens is 296 g/mol. The van der Waals surface area contributed by atoms with E-state index in [9.17, 15) is 13.2 Å². The molecule has 0 amide bonds. The van der Waals surface area contributed by atoms with Crippen molar-refractivity contribution in [2.24, 2.45) is 0 Å². The van der Waals surface area contributed by atoms with Crippen LogP contribution < -0.4 is 0 Å². The summed E-state index contributed by atoms with van der Waals surface area (Å²) >= 11 is 0. The van der Waals surface area contributed by atoms with Crippen molar-refractivity contribution in [3.63, 3.8) is 0 Å². The van der Waals surface area contributed by atoms with Gasteiger partial charge in [0.2, 0.25) is 10.0 Å². The quantitative estimate of drug-likeness (QED) is 0.867. The Balaban J connectivity index is 2.35. The molecule has 21 heavy (non-hydrogen) atoms. The Morgan fingerprint density at radius 3 is 2.33 bits per heavy atom. The van der Waals surface area contributed by atoms with E-state index < -0.39 is 16.0 Å². The number of carboxylic acid groups (broad SMARTS) is 1. The number of aromatic carboxylic acids is 1. The van der Waals surface area contributed by atoms with Gasteiger partial charge in [-0.2, -0.15) is 4.31 Å². The highest BCUT2D eigenvalue weighted by Crippen LogP contribution is 2.28. The summed E-state index contributed by atoms with van der Waals surface area (Å²) in [6, 6.07) is 0. The fourth-order valence-electron chi connectivity index (χ4n) is 2.77. The van der Waals surface area contributed by atoms with Gasteiger partial charge in [-0.05, 0) is 26.7 Å². The average molecular weight is 316 g/mol. The number of carbonyl (C=O) groups is 1. The minimum absolute atomic E-state index is 0.0714. The van der Waals surface area contributed by atoms with Crippen molar-refractivity contribution in [1.82, 2.24) is 9.29 Å². The second-order valence-electron chi connectivity index (χ2n) is 5.22. The van der Waals surface area contributed by atoms with Crippen molar-refractivity contribution in [2.45, 2.75) is 37.7 Å². The van der Waals surface area contributed by atoms with E-state index in [1.165, 1.54) is 11.2 Å². The molecule has 0 atom stereocenters. The molecule has 7 nitrogen and oxygen atoms in total. The maximum absolute atomic E-state index is 12.7. The number of aromatic amines is 1. The van der Waals surface area contributed by atoms with Crippen LogP contribution in [0.25, 0.3) is 0 Å². The monoisotopic (exact) mass is 316 g/mol. The normalized spacial score (nSPS) is 18.0. The predicted octanol–water partition coefficient (Wildman–Crippen LogP) is 1.13. The van der Waals surface area contributed by atoms with Crippen LogP contribution in [0.15, 0.2) is 4.90 Å². The van der Waals surface area contributed by atoms with Gasteiger partial charge in [-0.25, -0.2) is 13.2 Å². The third-order valence-corrected chi connectivity index (χ3v) is 6.09.